The number of amides is 1. The molecule has 0 spiro atoms. The lowest BCUT2D eigenvalue weighted by molar-refractivity contribution is -0.117. The number of carbonyl (C=O) groups excluding carboxylic acids is 1. The van der Waals surface area contributed by atoms with E-state index in [4.69, 9.17) is 0 Å². The average molecular weight is 237 g/mol. The van der Waals surface area contributed by atoms with Gasteiger partial charge in [-0.25, -0.2) is 4.39 Å². The fraction of sp³-hybridized carbons (Fsp3) is 0.417. The van der Waals surface area contributed by atoms with Crippen molar-refractivity contribution in [1.82, 2.24) is 10.2 Å². The van der Waals surface area contributed by atoms with Crippen LogP contribution in [-0.4, -0.2) is 43.5 Å². The molecule has 0 saturated carbocycles. The Kier molecular flexibility index (Phi) is 3.71. The van der Waals surface area contributed by atoms with E-state index in [-0.39, 0.29) is 18.1 Å². The van der Waals surface area contributed by atoms with Crippen LogP contribution in [0.15, 0.2) is 24.3 Å². The van der Waals surface area contributed by atoms with Gasteiger partial charge in [-0.3, -0.25) is 9.69 Å². The molecule has 0 atom stereocenters. The SMILES string of the molecule is CN(CC(=O)Nc1ccccc1F)C1CNC1. The maximum Gasteiger partial charge on any atom is 0.238 e. The van der Waals surface area contributed by atoms with Gasteiger partial charge in [0.1, 0.15) is 5.82 Å². The molecule has 17 heavy (non-hydrogen) atoms. The molecule has 1 aromatic carbocycles. The number of para-hydroxylation sites is 1. The van der Waals surface area contributed by atoms with E-state index in [1.807, 2.05) is 11.9 Å². The Balaban J connectivity index is 1.86. The number of nitrogens with one attached hydrogen (secondary N) is 2. The molecular weight excluding hydrogens is 221 g/mol. The molecule has 1 amide bonds. The van der Waals surface area contributed by atoms with E-state index in [1.165, 1.54) is 6.07 Å². The number of hydrogen-bond acceptors (Lipinski definition) is 3. The molecular formula is C12H16FN3O. The minimum atomic E-state index is -0.409. The van der Waals surface area contributed by atoms with Gasteiger partial charge in [-0.1, -0.05) is 12.1 Å². The van der Waals surface area contributed by atoms with Crippen molar-refractivity contribution in [3.8, 4) is 0 Å². The largest absolute Gasteiger partial charge is 0.322 e. The predicted octanol–water partition coefficient (Wildman–Crippen LogP) is 0.668. The maximum atomic E-state index is 13.3. The zero-order chi connectivity index (χ0) is 12.3. The number of likely N-dealkylation sites (N-methyl/N-ethyl adjacent to an activating group) is 1. The van der Waals surface area contributed by atoms with Gasteiger partial charge in [-0.05, 0) is 19.2 Å². The molecule has 92 valence electrons. The van der Waals surface area contributed by atoms with Gasteiger partial charge < -0.3 is 10.6 Å². The van der Waals surface area contributed by atoms with Crippen molar-refractivity contribution in [3.63, 3.8) is 0 Å². The summed E-state index contributed by atoms with van der Waals surface area (Å²) >= 11 is 0. The standard InChI is InChI=1S/C12H16FN3O/c1-16(9-6-14-7-9)8-12(17)15-11-5-3-2-4-10(11)13/h2-5,9,14H,6-8H2,1H3,(H,15,17). The summed E-state index contributed by atoms with van der Waals surface area (Å²) in [5, 5.41) is 5.71. The molecule has 1 aliphatic rings. The summed E-state index contributed by atoms with van der Waals surface area (Å²) in [6, 6.07) is 6.57. The van der Waals surface area contributed by atoms with Crippen molar-refractivity contribution >= 4 is 11.6 Å². The Morgan fingerprint density at radius 2 is 2.24 bits per heavy atom. The highest BCUT2D eigenvalue weighted by Gasteiger charge is 2.23. The molecule has 0 radical (unpaired) electrons. The van der Waals surface area contributed by atoms with Crippen LogP contribution in [0.1, 0.15) is 0 Å². The van der Waals surface area contributed by atoms with Crippen LogP contribution in [0.5, 0.6) is 0 Å². The van der Waals surface area contributed by atoms with Crippen molar-refractivity contribution in [2.45, 2.75) is 6.04 Å². The summed E-state index contributed by atoms with van der Waals surface area (Å²) in [5.74, 6) is -0.599. The molecule has 0 aliphatic carbocycles. The van der Waals surface area contributed by atoms with Gasteiger partial charge in [0, 0.05) is 19.1 Å². The lowest BCUT2D eigenvalue weighted by atomic mass is 10.1. The first kappa shape index (κ1) is 12.0. The van der Waals surface area contributed by atoms with Gasteiger partial charge in [0.05, 0.1) is 12.2 Å². The van der Waals surface area contributed by atoms with E-state index in [1.54, 1.807) is 18.2 Å². The summed E-state index contributed by atoms with van der Waals surface area (Å²) in [7, 11) is 1.90. The minimum Gasteiger partial charge on any atom is -0.322 e. The smallest absolute Gasteiger partial charge is 0.238 e. The lowest BCUT2D eigenvalue weighted by Gasteiger charge is -2.35. The molecule has 5 heteroatoms. The monoisotopic (exact) mass is 237 g/mol. The van der Waals surface area contributed by atoms with E-state index in [2.05, 4.69) is 10.6 Å². The van der Waals surface area contributed by atoms with Gasteiger partial charge in [0.25, 0.3) is 0 Å². The second-order valence-electron chi connectivity index (χ2n) is 4.26. The number of hydrogen-bond donors (Lipinski definition) is 2. The van der Waals surface area contributed by atoms with E-state index in [0.29, 0.717) is 6.04 Å². The number of rotatable bonds is 4. The molecule has 0 aromatic heterocycles. The van der Waals surface area contributed by atoms with Crippen molar-refractivity contribution in [2.24, 2.45) is 0 Å². The zero-order valence-corrected chi connectivity index (χ0v) is 9.74. The second kappa shape index (κ2) is 5.25. The van der Waals surface area contributed by atoms with E-state index < -0.39 is 5.82 Å². The Morgan fingerprint density at radius 3 is 2.82 bits per heavy atom. The van der Waals surface area contributed by atoms with Crippen LogP contribution < -0.4 is 10.6 Å². The van der Waals surface area contributed by atoms with Gasteiger partial charge in [0.2, 0.25) is 5.91 Å². The fourth-order valence-electron chi connectivity index (χ4n) is 1.69. The molecule has 1 fully saturated rings. The third kappa shape index (κ3) is 3.01. The third-order valence-corrected chi connectivity index (χ3v) is 2.92. The fourth-order valence-corrected chi connectivity index (χ4v) is 1.69. The zero-order valence-electron chi connectivity index (χ0n) is 9.74. The number of nitrogens with zero attached hydrogens (tertiary/aromatic N) is 1. The first-order valence-corrected chi connectivity index (χ1v) is 5.62. The van der Waals surface area contributed by atoms with Gasteiger partial charge in [-0.2, -0.15) is 0 Å². The van der Waals surface area contributed by atoms with Crippen LogP contribution in [0.2, 0.25) is 0 Å². The third-order valence-electron chi connectivity index (χ3n) is 2.92. The highest BCUT2D eigenvalue weighted by Crippen LogP contribution is 2.12. The molecule has 0 unspecified atom stereocenters. The molecule has 1 heterocycles. The predicted molar refractivity (Wildman–Crippen MR) is 64.3 cm³/mol. The van der Waals surface area contributed by atoms with Crippen molar-refractivity contribution in [1.29, 1.82) is 0 Å². The number of benzene rings is 1. The van der Waals surface area contributed by atoms with E-state index >= 15 is 0 Å². The first-order chi connectivity index (χ1) is 8.16. The number of halogens is 1. The number of anilines is 1. The highest BCUT2D eigenvalue weighted by atomic mass is 19.1. The average Bonchev–Trinajstić information content (AvgIpc) is 2.18. The molecule has 4 nitrogen and oxygen atoms in total. The van der Waals surface area contributed by atoms with Crippen LogP contribution in [-0.2, 0) is 4.79 Å². The Hall–Kier alpha value is -1.46. The van der Waals surface area contributed by atoms with E-state index in [0.717, 1.165) is 13.1 Å². The second-order valence-corrected chi connectivity index (χ2v) is 4.26. The highest BCUT2D eigenvalue weighted by molar-refractivity contribution is 5.92. The minimum absolute atomic E-state index is 0.190. The van der Waals surface area contributed by atoms with Gasteiger partial charge in [0.15, 0.2) is 0 Å². The van der Waals surface area contributed by atoms with Gasteiger partial charge in [-0.15, -0.1) is 0 Å². The van der Waals surface area contributed by atoms with Gasteiger partial charge >= 0.3 is 0 Å². The normalized spacial score (nSPS) is 15.7. The first-order valence-electron chi connectivity index (χ1n) is 5.62. The Labute approximate surface area is 99.8 Å². The quantitative estimate of drug-likeness (QED) is 0.809. The molecule has 0 bridgehead atoms. The summed E-state index contributed by atoms with van der Waals surface area (Å²) < 4.78 is 13.3. The van der Waals surface area contributed by atoms with Crippen LogP contribution in [0.3, 0.4) is 0 Å². The molecule has 2 rings (SSSR count). The van der Waals surface area contributed by atoms with Crippen LogP contribution >= 0.6 is 0 Å². The van der Waals surface area contributed by atoms with Crippen LogP contribution in [0.25, 0.3) is 0 Å². The van der Waals surface area contributed by atoms with Crippen molar-refractivity contribution in [2.75, 3.05) is 32.0 Å². The lowest BCUT2D eigenvalue weighted by Crippen LogP contribution is -2.57. The summed E-state index contributed by atoms with van der Waals surface area (Å²) in [6.45, 7) is 2.09. The Morgan fingerprint density at radius 1 is 1.53 bits per heavy atom. The molecule has 1 saturated heterocycles. The molecule has 1 aliphatic heterocycles. The molecule has 2 N–H and O–H groups in total. The van der Waals surface area contributed by atoms with Crippen molar-refractivity contribution < 1.29 is 9.18 Å². The Bertz CT molecular complexity index is 406. The topological polar surface area (TPSA) is 44.4 Å². The summed E-state index contributed by atoms with van der Waals surface area (Å²) in [6.07, 6.45) is 0. The number of carbonyl (C=O) groups is 1. The molecule has 1 aromatic rings. The van der Waals surface area contributed by atoms with Crippen LogP contribution in [0, 0.1) is 5.82 Å². The maximum absolute atomic E-state index is 13.3. The van der Waals surface area contributed by atoms with E-state index in [9.17, 15) is 9.18 Å². The summed E-state index contributed by atoms with van der Waals surface area (Å²) in [4.78, 5) is 13.6. The van der Waals surface area contributed by atoms with Crippen LogP contribution in [0.4, 0.5) is 10.1 Å². The summed E-state index contributed by atoms with van der Waals surface area (Å²) in [5.41, 5.74) is 0.234. The van der Waals surface area contributed by atoms with Crippen molar-refractivity contribution in [3.05, 3.63) is 30.1 Å².